The minimum absolute atomic E-state index is 0.0311. The van der Waals surface area contributed by atoms with Crippen molar-refractivity contribution in [3.63, 3.8) is 0 Å². The van der Waals surface area contributed by atoms with Crippen LogP contribution in [0.3, 0.4) is 0 Å². The highest BCUT2D eigenvalue weighted by atomic mass is 32.1. The molecule has 0 amide bonds. The average molecular weight is 426 g/mol. The molecule has 0 aliphatic carbocycles. The summed E-state index contributed by atoms with van der Waals surface area (Å²) in [5, 5.41) is 7.75. The monoisotopic (exact) mass is 426 g/mol. The van der Waals surface area contributed by atoms with Gasteiger partial charge in [0.05, 0.1) is 12.8 Å². The molecule has 1 fully saturated rings. The number of thiophene rings is 1. The van der Waals surface area contributed by atoms with Gasteiger partial charge in [-0.3, -0.25) is 10.00 Å². The number of pyridine rings is 1. The number of aromatic amines is 1. The summed E-state index contributed by atoms with van der Waals surface area (Å²) in [6, 6.07) is 8.25. The number of nitrogens with one attached hydrogen (secondary N) is 1. The first kappa shape index (κ1) is 19.1. The first-order valence-electron chi connectivity index (χ1n) is 9.81. The van der Waals surface area contributed by atoms with Gasteiger partial charge in [0.1, 0.15) is 5.82 Å². The molecular weight excluding hydrogens is 406 g/mol. The summed E-state index contributed by atoms with van der Waals surface area (Å²) in [5.74, 6) is -1.47. The maximum atomic E-state index is 14.2. The Bertz CT molecular complexity index is 1210. The molecule has 154 valence electrons. The van der Waals surface area contributed by atoms with Gasteiger partial charge in [0, 0.05) is 45.1 Å². The molecule has 8 heteroatoms. The highest BCUT2D eigenvalue weighted by Crippen LogP contribution is 2.37. The van der Waals surface area contributed by atoms with Gasteiger partial charge in [-0.1, -0.05) is 0 Å². The van der Waals surface area contributed by atoms with Crippen LogP contribution in [0, 0.1) is 11.6 Å². The summed E-state index contributed by atoms with van der Waals surface area (Å²) < 4.78 is 33.3. The fourth-order valence-electron chi connectivity index (χ4n) is 3.97. The van der Waals surface area contributed by atoms with Crippen molar-refractivity contribution in [2.24, 2.45) is 0 Å². The van der Waals surface area contributed by atoms with E-state index in [-0.39, 0.29) is 11.3 Å². The minimum atomic E-state index is -0.760. The SMILES string of the molecule is COc1c(F)cc(F)cc1-c1[nH]nc2ncc(-c3ccc(CN4CCCC4)s3)cc12. The average Bonchev–Trinajstić information content (AvgIpc) is 3.48. The van der Waals surface area contributed by atoms with E-state index in [0.717, 1.165) is 36.1 Å². The summed E-state index contributed by atoms with van der Waals surface area (Å²) in [4.78, 5) is 9.32. The Kier molecular flexibility index (Phi) is 4.96. The van der Waals surface area contributed by atoms with Gasteiger partial charge < -0.3 is 4.74 Å². The molecule has 3 aromatic heterocycles. The number of halogens is 2. The molecule has 0 radical (unpaired) electrons. The number of likely N-dealkylation sites (tertiary alicyclic amines) is 1. The largest absolute Gasteiger partial charge is 0.493 e. The van der Waals surface area contributed by atoms with Crippen molar-refractivity contribution in [2.45, 2.75) is 19.4 Å². The van der Waals surface area contributed by atoms with Crippen LogP contribution >= 0.6 is 11.3 Å². The number of aromatic nitrogens is 3. The highest BCUT2D eigenvalue weighted by Gasteiger charge is 2.19. The van der Waals surface area contributed by atoms with E-state index >= 15 is 0 Å². The van der Waals surface area contributed by atoms with Crippen LogP contribution in [0.4, 0.5) is 8.78 Å². The highest BCUT2D eigenvalue weighted by molar-refractivity contribution is 7.15. The maximum Gasteiger partial charge on any atom is 0.181 e. The number of H-pyrrole nitrogens is 1. The zero-order chi connectivity index (χ0) is 20.7. The molecule has 0 saturated carbocycles. The van der Waals surface area contributed by atoms with Crippen LogP contribution in [0.1, 0.15) is 17.7 Å². The minimum Gasteiger partial charge on any atom is -0.493 e. The van der Waals surface area contributed by atoms with Gasteiger partial charge in [-0.15, -0.1) is 11.3 Å². The molecular formula is C22H20F2N4OS. The summed E-state index contributed by atoms with van der Waals surface area (Å²) >= 11 is 1.74. The van der Waals surface area contributed by atoms with Crippen LogP contribution in [0.25, 0.3) is 32.7 Å². The molecule has 4 heterocycles. The predicted octanol–water partition coefficient (Wildman–Crippen LogP) is 5.24. The van der Waals surface area contributed by atoms with Gasteiger partial charge in [0.2, 0.25) is 0 Å². The maximum absolute atomic E-state index is 14.2. The summed E-state index contributed by atoms with van der Waals surface area (Å²) in [6.45, 7) is 3.29. The van der Waals surface area contributed by atoms with Gasteiger partial charge in [-0.25, -0.2) is 13.8 Å². The molecule has 0 spiro atoms. The second kappa shape index (κ2) is 7.77. The Morgan fingerprint density at radius 1 is 1.17 bits per heavy atom. The lowest BCUT2D eigenvalue weighted by Crippen LogP contribution is -2.17. The van der Waals surface area contributed by atoms with Crippen LogP contribution in [0.15, 0.2) is 36.5 Å². The summed E-state index contributed by atoms with van der Waals surface area (Å²) in [7, 11) is 1.36. The number of ether oxygens (including phenoxy) is 1. The van der Waals surface area contributed by atoms with Crippen molar-refractivity contribution in [2.75, 3.05) is 20.2 Å². The Hall–Kier alpha value is -2.84. The van der Waals surface area contributed by atoms with E-state index in [1.54, 1.807) is 17.5 Å². The van der Waals surface area contributed by atoms with E-state index in [1.165, 1.54) is 30.9 Å². The molecule has 1 N–H and O–H groups in total. The molecule has 1 aromatic carbocycles. The molecule has 1 aliphatic heterocycles. The first-order chi connectivity index (χ1) is 14.6. The van der Waals surface area contributed by atoms with Gasteiger partial charge in [-0.2, -0.15) is 5.10 Å². The number of benzene rings is 1. The van der Waals surface area contributed by atoms with Crippen molar-refractivity contribution in [3.05, 3.63) is 53.0 Å². The summed E-state index contributed by atoms with van der Waals surface area (Å²) in [5.41, 5.74) is 2.17. The Morgan fingerprint density at radius 2 is 2.00 bits per heavy atom. The lowest BCUT2D eigenvalue weighted by molar-refractivity contribution is 0.334. The van der Waals surface area contributed by atoms with Crippen LogP contribution in [0.5, 0.6) is 5.75 Å². The van der Waals surface area contributed by atoms with E-state index in [4.69, 9.17) is 4.74 Å². The molecule has 4 aromatic rings. The van der Waals surface area contributed by atoms with Gasteiger partial charge in [0.25, 0.3) is 0 Å². The van der Waals surface area contributed by atoms with E-state index in [0.29, 0.717) is 16.7 Å². The van der Waals surface area contributed by atoms with Crippen LogP contribution in [-0.4, -0.2) is 40.3 Å². The molecule has 0 unspecified atom stereocenters. The topological polar surface area (TPSA) is 54.0 Å². The Labute approximate surface area is 176 Å². The first-order valence-corrected chi connectivity index (χ1v) is 10.6. The van der Waals surface area contributed by atoms with Crippen molar-refractivity contribution >= 4 is 22.4 Å². The smallest absolute Gasteiger partial charge is 0.181 e. The summed E-state index contributed by atoms with van der Waals surface area (Å²) in [6.07, 6.45) is 4.32. The van der Waals surface area contributed by atoms with Crippen LogP contribution in [0.2, 0.25) is 0 Å². The number of methoxy groups -OCH3 is 1. The predicted molar refractivity (Wildman–Crippen MR) is 114 cm³/mol. The van der Waals surface area contributed by atoms with Gasteiger partial charge in [-0.05, 0) is 50.2 Å². The van der Waals surface area contributed by atoms with Crippen LogP contribution in [-0.2, 0) is 6.54 Å². The van der Waals surface area contributed by atoms with Gasteiger partial charge >= 0.3 is 0 Å². The second-order valence-electron chi connectivity index (χ2n) is 7.41. The molecule has 30 heavy (non-hydrogen) atoms. The lowest BCUT2D eigenvalue weighted by atomic mass is 10.1. The van der Waals surface area contributed by atoms with Crippen LogP contribution < -0.4 is 4.74 Å². The molecule has 0 bridgehead atoms. The number of fused-ring (bicyclic) bond motifs is 1. The fraction of sp³-hybridized carbons (Fsp3) is 0.273. The quantitative estimate of drug-likeness (QED) is 0.474. The van der Waals surface area contributed by atoms with Gasteiger partial charge in [0.15, 0.2) is 17.2 Å². The Balaban J connectivity index is 1.54. The molecule has 1 saturated heterocycles. The molecule has 5 rings (SSSR count). The van der Waals surface area contributed by atoms with Crippen molar-refractivity contribution in [1.82, 2.24) is 20.1 Å². The molecule has 5 nitrogen and oxygen atoms in total. The third-order valence-electron chi connectivity index (χ3n) is 5.42. The zero-order valence-electron chi connectivity index (χ0n) is 16.4. The van der Waals surface area contributed by atoms with E-state index in [1.807, 2.05) is 6.07 Å². The van der Waals surface area contributed by atoms with E-state index in [2.05, 4.69) is 32.2 Å². The second-order valence-corrected chi connectivity index (χ2v) is 8.58. The number of rotatable bonds is 5. The number of hydrogen-bond donors (Lipinski definition) is 1. The molecule has 0 atom stereocenters. The van der Waals surface area contributed by atoms with Crippen molar-refractivity contribution in [3.8, 4) is 27.4 Å². The molecule has 1 aliphatic rings. The number of nitrogens with zero attached hydrogens (tertiary/aromatic N) is 3. The Morgan fingerprint density at radius 3 is 2.80 bits per heavy atom. The normalized spacial score (nSPS) is 14.6. The third kappa shape index (κ3) is 3.46. The third-order valence-corrected chi connectivity index (χ3v) is 6.53. The number of hydrogen-bond acceptors (Lipinski definition) is 5. The van der Waals surface area contributed by atoms with Crippen molar-refractivity contribution < 1.29 is 13.5 Å². The van der Waals surface area contributed by atoms with Crippen molar-refractivity contribution in [1.29, 1.82) is 0 Å². The van der Waals surface area contributed by atoms with E-state index < -0.39 is 11.6 Å². The standard InChI is InChI=1S/C22H20F2N4OS/c1-29-21-16(9-14(23)10-18(21)24)20-17-8-13(11-25-22(17)27-26-20)19-5-4-15(30-19)12-28-6-2-3-7-28/h4-5,8-11H,2-3,6-7,12H2,1H3,(H,25,26,27). The zero-order valence-corrected chi connectivity index (χ0v) is 17.2. The fourth-order valence-corrected chi connectivity index (χ4v) is 5.00. The van der Waals surface area contributed by atoms with E-state index in [9.17, 15) is 8.78 Å². The lowest BCUT2D eigenvalue weighted by Gasteiger charge is -2.12.